The number of amides is 1. The van der Waals surface area contributed by atoms with E-state index >= 15 is 0 Å². The molecule has 0 radical (unpaired) electrons. The van der Waals surface area contributed by atoms with Gasteiger partial charge >= 0.3 is 0 Å². The van der Waals surface area contributed by atoms with Gasteiger partial charge in [0.15, 0.2) is 0 Å². The Morgan fingerprint density at radius 2 is 2.03 bits per heavy atom. The predicted octanol–water partition coefficient (Wildman–Crippen LogP) is 5.64. The van der Waals surface area contributed by atoms with Crippen LogP contribution in [-0.4, -0.2) is 23.8 Å². The van der Waals surface area contributed by atoms with Gasteiger partial charge in [0.2, 0.25) is 5.91 Å². The molecule has 0 fully saturated rings. The van der Waals surface area contributed by atoms with Gasteiger partial charge in [0.1, 0.15) is 18.0 Å². The molecule has 7 heteroatoms. The van der Waals surface area contributed by atoms with Gasteiger partial charge in [-0.05, 0) is 51.8 Å². The Labute approximate surface area is 189 Å². The first-order valence-corrected chi connectivity index (χ1v) is 10.9. The van der Waals surface area contributed by atoms with Gasteiger partial charge in [0.25, 0.3) is 0 Å². The van der Waals surface area contributed by atoms with Gasteiger partial charge in [-0.1, -0.05) is 36.3 Å². The van der Waals surface area contributed by atoms with E-state index in [-0.39, 0.29) is 24.0 Å². The summed E-state index contributed by atoms with van der Waals surface area (Å²) in [4.78, 5) is 18.2. The Hall–Kier alpha value is -3.22. The quantitative estimate of drug-likeness (QED) is 0.302. The van der Waals surface area contributed by atoms with Crippen molar-refractivity contribution in [3.8, 4) is 5.75 Å². The Balaban J connectivity index is 1.72. The number of fused-ring (bicyclic) bond motifs is 1. The third kappa shape index (κ3) is 5.52. The fourth-order valence-corrected chi connectivity index (χ4v) is 3.84. The number of hydrogen-bond acceptors (Lipinski definition) is 6. The number of benzene rings is 2. The standard InChI is InChI=1S/C25H32N4O3/c1-16-8-6-10-22(28-24(30)17(2)12-13-27-26)21(16)15-31-29-18(3)19-9-7-11-23-20(19)14-25(4,5)32-23/h6-11,17,26H,12-15H2,1-5H3,(H,28,30)/b27-26?,29-18-. The van der Waals surface area contributed by atoms with E-state index in [1.807, 2.05) is 57.2 Å². The van der Waals surface area contributed by atoms with Crippen LogP contribution in [0.4, 0.5) is 5.69 Å². The highest BCUT2D eigenvalue weighted by Gasteiger charge is 2.32. The second-order valence-electron chi connectivity index (χ2n) is 8.93. The average molecular weight is 437 g/mol. The second kappa shape index (κ2) is 9.94. The lowest BCUT2D eigenvalue weighted by molar-refractivity contribution is -0.119. The Morgan fingerprint density at radius 1 is 1.28 bits per heavy atom. The molecule has 1 unspecified atom stereocenters. The van der Waals surface area contributed by atoms with Crippen LogP contribution >= 0.6 is 0 Å². The van der Waals surface area contributed by atoms with Crippen LogP contribution in [0.3, 0.4) is 0 Å². The van der Waals surface area contributed by atoms with Crippen molar-refractivity contribution in [2.24, 2.45) is 16.2 Å². The van der Waals surface area contributed by atoms with E-state index in [1.165, 1.54) is 0 Å². The fraction of sp³-hybridized carbons (Fsp3) is 0.440. The highest BCUT2D eigenvalue weighted by molar-refractivity contribution is 6.00. The van der Waals surface area contributed by atoms with Crippen LogP contribution in [0.25, 0.3) is 0 Å². The maximum atomic E-state index is 12.5. The predicted molar refractivity (Wildman–Crippen MR) is 125 cm³/mol. The smallest absolute Gasteiger partial charge is 0.227 e. The number of oxime groups is 1. The van der Waals surface area contributed by atoms with Gasteiger partial charge in [-0.2, -0.15) is 5.11 Å². The van der Waals surface area contributed by atoms with Gasteiger partial charge in [-0.3, -0.25) is 4.79 Å². The van der Waals surface area contributed by atoms with Gasteiger partial charge in [-0.25, -0.2) is 5.53 Å². The van der Waals surface area contributed by atoms with Gasteiger partial charge < -0.3 is 14.9 Å². The number of rotatable bonds is 9. The summed E-state index contributed by atoms with van der Waals surface area (Å²) < 4.78 is 6.02. The summed E-state index contributed by atoms with van der Waals surface area (Å²) in [5.41, 5.74) is 12.3. The van der Waals surface area contributed by atoms with Crippen LogP contribution in [0.15, 0.2) is 46.7 Å². The molecule has 1 heterocycles. The molecular weight excluding hydrogens is 404 g/mol. The molecule has 2 aromatic carbocycles. The molecule has 0 bridgehead atoms. The lowest BCUT2D eigenvalue weighted by Gasteiger charge is -2.16. The number of carbonyl (C=O) groups is 1. The zero-order chi connectivity index (χ0) is 23.3. The molecule has 0 spiro atoms. The summed E-state index contributed by atoms with van der Waals surface area (Å²) >= 11 is 0. The molecule has 3 rings (SSSR count). The third-order valence-electron chi connectivity index (χ3n) is 5.71. The van der Waals surface area contributed by atoms with Crippen LogP contribution in [0, 0.1) is 18.4 Å². The lowest BCUT2D eigenvalue weighted by Crippen LogP contribution is -2.24. The second-order valence-corrected chi connectivity index (χ2v) is 8.93. The van der Waals surface area contributed by atoms with E-state index in [0.717, 1.165) is 40.1 Å². The number of ether oxygens (including phenoxy) is 1. The minimum atomic E-state index is -0.231. The van der Waals surface area contributed by atoms with Crippen molar-refractivity contribution in [1.82, 2.24) is 0 Å². The summed E-state index contributed by atoms with van der Waals surface area (Å²) in [6.45, 7) is 10.5. The Morgan fingerprint density at radius 3 is 2.78 bits per heavy atom. The monoisotopic (exact) mass is 436 g/mol. The minimum Gasteiger partial charge on any atom is -0.487 e. The summed E-state index contributed by atoms with van der Waals surface area (Å²) in [5.74, 6) is 0.575. The molecule has 1 amide bonds. The van der Waals surface area contributed by atoms with Crippen LogP contribution in [0.5, 0.6) is 5.75 Å². The molecule has 0 saturated heterocycles. The molecule has 1 atom stereocenters. The fourth-order valence-electron chi connectivity index (χ4n) is 3.84. The van der Waals surface area contributed by atoms with Crippen molar-refractivity contribution >= 4 is 17.3 Å². The average Bonchev–Trinajstić information content (AvgIpc) is 3.07. The third-order valence-corrected chi connectivity index (χ3v) is 5.71. The molecule has 32 heavy (non-hydrogen) atoms. The zero-order valence-electron chi connectivity index (χ0n) is 19.5. The van der Waals surface area contributed by atoms with Gasteiger partial charge in [0, 0.05) is 34.7 Å². The Kier molecular flexibility index (Phi) is 7.28. The summed E-state index contributed by atoms with van der Waals surface area (Å²) in [7, 11) is 0. The van der Waals surface area contributed by atoms with Crippen molar-refractivity contribution in [3.63, 3.8) is 0 Å². The summed E-state index contributed by atoms with van der Waals surface area (Å²) in [6.07, 6.45) is 1.36. The molecule has 0 aliphatic carbocycles. The largest absolute Gasteiger partial charge is 0.487 e. The van der Waals surface area contributed by atoms with Gasteiger partial charge in [-0.15, -0.1) is 0 Å². The first-order valence-electron chi connectivity index (χ1n) is 10.9. The van der Waals surface area contributed by atoms with E-state index in [4.69, 9.17) is 15.1 Å². The van der Waals surface area contributed by atoms with E-state index in [1.54, 1.807) is 0 Å². The SMILES string of the molecule is C/C(=N/OCc1c(C)cccc1NC(=O)C(C)CCN=N)c1cccc2c1CC(C)(C)O2. The zero-order valence-corrected chi connectivity index (χ0v) is 19.5. The Bertz CT molecular complexity index is 1030. The molecule has 170 valence electrons. The number of carbonyl (C=O) groups excluding carboxylic acids is 1. The topological polar surface area (TPSA) is 96.1 Å². The molecule has 7 nitrogen and oxygen atoms in total. The molecule has 2 N–H and O–H groups in total. The van der Waals surface area contributed by atoms with Gasteiger partial charge in [0.05, 0.1) is 12.3 Å². The van der Waals surface area contributed by atoms with E-state index in [9.17, 15) is 4.79 Å². The lowest BCUT2D eigenvalue weighted by atomic mass is 9.95. The van der Waals surface area contributed by atoms with Crippen molar-refractivity contribution in [2.45, 2.75) is 59.7 Å². The number of nitrogens with one attached hydrogen (secondary N) is 2. The number of hydrogen-bond donors (Lipinski definition) is 2. The summed E-state index contributed by atoms with van der Waals surface area (Å²) in [6, 6.07) is 11.8. The maximum absolute atomic E-state index is 12.5. The number of aryl methyl sites for hydroxylation is 1. The van der Waals surface area contributed by atoms with Crippen LogP contribution in [0.2, 0.25) is 0 Å². The molecule has 0 saturated carbocycles. The normalized spacial score (nSPS) is 15.5. The first kappa shape index (κ1) is 23.4. The van der Waals surface area contributed by atoms with E-state index in [0.29, 0.717) is 18.7 Å². The van der Waals surface area contributed by atoms with Crippen molar-refractivity contribution in [3.05, 3.63) is 58.7 Å². The molecule has 0 aromatic heterocycles. The molecule has 1 aliphatic rings. The highest BCUT2D eigenvalue weighted by atomic mass is 16.6. The highest BCUT2D eigenvalue weighted by Crippen LogP contribution is 2.37. The first-order chi connectivity index (χ1) is 15.2. The van der Waals surface area contributed by atoms with Crippen molar-refractivity contribution < 1.29 is 14.4 Å². The maximum Gasteiger partial charge on any atom is 0.227 e. The molecule has 1 aliphatic heterocycles. The van der Waals surface area contributed by atoms with Crippen molar-refractivity contribution in [1.29, 1.82) is 5.53 Å². The molecule has 2 aromatic rings. The van der Waals surface area contributed by atoms with E-state index in [2.05, 4.69) is 29.4 Å². The molecular formula is C25H32N4O3. The van der Waals surface area contributed by atoms with Crippen LogP contribution in [-0.2, 0) is 22.7 Å². The minimum absolute atomic E-state index is 0.0948. The number of nitrogens with zero attached hydrogens (tertiary/aromatic N) is 2. The van der Waals surface area contributed by atoms with Crippen LogP contribution < -0.4 is 10.1 Å². The number of anilines is 1. The van der Waals surface area contributed by atoms with Crippen molar-refractivity contribution in [2.75, 3.05) is 11.9 Å². The van der Waals surface area contributed by atoms with E-state index < -0.39 is 0 Å². The van der Waals surface area contributed by atoms with Crippen LogP contribution in [0.1, 0.15) is 56.4 Å². The summed E-state index contributed by atoms with van der Waals surface area (Å²) in [5, 5.41) is 10.7.